The van der Waals surface area contributed by atoms with E-state index in [-0.39, 0.29) is 0 Å². The maximum absolute atomic E-state index is 5.38. The van der Waals surface area contributed by atoms with E-state index in [0.717, 1.165) is 22.6 Å². The van der Waals surface area contributed by atoms with Crippen LogP contribution in [0.15, 0.2) is 18.3 Å². The van der Waals surface area contributed by atoms with Gasteiger partial charge in [-0.25, -0.2) is 4.98 Å². The molecule has 3 rings (SSSR count). The minimum Gasteiger partial charge on any atom is -0.478 e. The number of pyridine rings is 1. The molecule has 0 spiro atoms. The van der Waals surface area contributed by atoms with Crippen LogP contribution in [-0.2, 0) is 7.05 Å². The smallest absolute Gasteiger partial charge is 0.215 e. The number of aryl methyl sites for hydroxylation is 1. The molecule has 0 aliphatic carbocycles. The lowest BCUT2D eigenvalue weighted by atomic mass is 10.2. The number of aromatic amines is 1. The van der Waals surface area contributed by atoms with Gasteiger partial charge in [0, 0.05) is 18.8 Å². The second kappa shape index (κ2) is 4.38. The topological polar surface area (TPSA) is 68.6 Å². The van der Waals surface area contributed by atoms with Crippen LogP contribution in [0.3, 0.4) is 0 Å². The highest BCUT2D eigenvalue weighted by Gasteiger charge is 2.12. The van der Waals surface area contributed by atoms with Crippen molar-refractivity contribution >= 4 is 11.2 Å². The molecule has 6 heteroatoms. The minimum absolute atomic E-state index is 0.593. The predicted molar refractivity (Wildman–Crippen MR) is 72.0 cm³/mol. The molecule has 19 heavy (non-hydrogen) atoms. The molecular weight excluding hydrogens is 242 g/mol. The van der Waals surface area contributed by atoms with E-state index in [1.54, 1.807) is 6.20 Å². The van der Waals surface area contributed by atoms with Crippen molar-refractivity contribution in [1.29, 1.82) is 0 Å². The van der Waals surface area contributed by atoms with Crippen LogP contribution in [0.5, 0.6) is 5.88 Å². The van der Waals surface area contributed by atoms with Crippen LogP contribution in [0.4, 0.5) is 0 Å². The zero-order chi connectivity index (χ0) is 13.4. The van der Waals surface area contributed by atoms with Crippen LogP contribution >= 0.6 is 0 Å². The Morgan fingerprint density at radius 1 is 1.32 bits per heavy atom. The van der Waals surface area contributed by atoms with Crippen molar-refractivity contribution in [2.24, 2.45) is 7.05 Å². The summed E-state index contributed by atoms with van der Waals surface area (Å²) in [6.07, 6.45) is 1.80. The van der Waals surface area contributed by atoms with Gasteiger partial charge in [-0.2, -0.15) is 10.1 Å². The first-order chi connectivity index (χ1) is 9.19. The fraction of sp³-hybridized carbons (Fsp3) is 0.308. The Hall–Kier alpha value is -2.37. The summed E-state index contributed by atoms with van der Waals surface area (Å²) in [6, 6.07) is 3.76. The number of hydrogen-bond donors (Lipinski definition) is 1. The Morgan fingerprint density at radius 2 is 2.16 bits per heavy atom. The quantitative estimate of drug-likeness (QED) is 0.779. The summed E-state index contributed by atoms with van der Waals surface area (Å²) >= 11 is 0. The molecule has 0 saturated carbocycles. The van der Waals surface area contributed by atoms with E-state index < -0.39 is 0 Å². The lowest BCUT2D eigenvalue weighted by Crippen LogP contribution is -1.93. The van der Waals surface area contributed by atoms with E-state index in [1.807, 2.05) is 37.7 Å². The fourth-order valence-corrected chi connectivity index (χ4v) is 1.96. The molecule has 0 fully saturated rings. The highest BCUT2D eigenvalue weighted by molar-refractivity contribution is 5.76. The largest absolute Gasteiger partial charge is 0.478 e. The number of imidazole rings is 1. The molecule has 3 heterocycles. The van der Waals surface area contributed by atoms with Crippen LogP contribution in [0.25, 0.3) is 22.6 Å². The number of aromatic nitrogens is 5. The zero-order valence-corrected chi connectivity index (χ0v) is 11.1. The maximum atomic E-state index is 5.38. The van der Waals surface area contributed by atoms with Crippen molar-refractivity contribution in [3.63, 3.8) is 0 Å². The highest BCUT2D eigenvalue weighted by atomic mass is 16.5. The number of H-pyrrole nitrogens is 1. The Kier molecular flexibility index (Phi) is 2.70. The summed E-state index contributed by atoms with van der Waals surface area (Å²) in [4.78, 5) is 12.1. The SMILES string of the molecule is CCOc1ccc2[nH]c(-c3cnn(C)c3C)nc2n1. The van der Waals surface area contributed by atoms with Crippen molar-refractivity contribution in [2.45, 2.75) is 13.8 Å². The van der Waals surface area contributed by atoms with Crippen molar-refractivity contribution < 1.29 is 4.74 Å². The van der Waals surface area contributed by atoms with E-state index in [2.05, 4.69) is 20.1 Å². The van der Waals surface area contributed by atoms with Gasteiger partial charge in [-0.15, -0.1) is 0 Å². The highest BCUT2D eigenvalue weighted by Crippen LogP contribution is 2.23. The van der Waals surface area contributed by atoms with Gasteiger partial charge in [0.1, 0.15) is 5.82 Å². The first-order valence-corrected chi connectivity index (χ1v) is 6.17. The second-order valence-corrected chi connectivity index (χ2v) is 4.31. The molecule has 3 aromatic rings. The van der Waals surface area contributed by atoms with Gasteiger partial charge in [0.15, 0.2) is 5.65 Å². The lowest BCUT2D eigenvalue weighted by Gasteiger charge is -1.99. The third-order valence-electron chi connectivity index (χ3n) is 3.10. The zero-order valence-electron chi connectivity index (χ0n) is 11.1. The lowest BCUT2D eigenvalue weighted by molar-refractivity contribution is 0.328. The summed E-state index contributed by atoms with van der Waals surface area (Å²) in [6.45, 7) is 4.53. The molecule has 0 aliphatic heterocycles. The van der Waals surface area contributed by atoms with E-state index in [1.165, 1.54) is 0 Å². The summed E-state index contributed by atoms with van der Waals surface area (Å²) < 4.78 is 7.20. The second-order valence-electron chi connectivity index (χ2n) is 4.31. The number of nitrogens with one attached hydrogen (secondary N) is 1. The molecule has 0 bridgehead atoms. The van der Waals surface area contributed by atoms with E-state index in [9.17, 15) is 0 Å². The average molecular weight is 257 g/mol. The minimum atomic E-state index is 0.593. The fourth-order valence-electron chi connectivity index (χ4n) is 1.96. The number of nitrogens with zero attached hydrogens (tertiary/aromatic N) is 4. The number of hydrogen-bond acceptors (Lipinski definition) is 4. The van der Waals surface area contributed by atoms with Gasteiger partial charge in [0.25, 0.3) is 0 Å². The molecule has 0 aliphatic rings. The van der Waals surface area contributed by atoms with E-state index in [4.69, 9.17) is 4.74 Å². The molecule has 3 aromatic heterocycles. The molecule has 0 amide bonds. The third kappa shape index (κ3) is 1.95. The number of fused-ring (bicyclic) bond motifs is 1. The van der Waals surface area contributed by atoms with Gasteiger partial charge in [0.05, 0.1) is 23.9 Å². The van der Waals surface area contributed by atoms with Gasteiger partial charge in [-0.3, -0.25) is 4.68 Å². The van der Waals surface area contributed by atoms with Crippen LogP contribution in [0.1, 0.15) is 12.6 Å². The van der Waals surface area contributed by atoms with Gasteiger partial charge in [-0.05, 0) is 19.9 Å². The first kappa shape index (κ1) is 11.7. The number of ether oxygens (including phenoxy) is 1. The molecule has 0 saturated heterocycles. The van der Waals surface area contributed by atoms with Crippen LogP contribution in [0.2, 0.25) is 0 Å². The van der Waals surface area contributed by atoms with Crippen LogP contribution in [0, 0.1) is 6.92 Å². The molecule has 0 unspecified atom stereocenters. The Labute approximate surface area is 110 Å². The van der Waals surface area contributed by atoms with Crippen LogP contribution in [-0.4, -0.2) is 31.3 Å². The Bertz CT molecular complexity index is 728. The standard InChI is InChI=1S/C13H15N5O/c1-4-19-11-6-5-10-13(16-11)17-12(15-10)9-7-14-18(3)8(9)2/h5-7H,4H2,1-3H3,(H,15,16,17). The summed E-state index contributed by atoms with van der Waals surface area (Å²) in [5.41, 5.74) is 3.59. The van der Waals surface area contributed by atoms with Crippen molar-refractivity contribution in [3.8, 4) is 17.3 Å². The average Bonchev–Trinajstić information content (AvgIpc) is 2.94. The molecule has 0 aromatic carbocycles. The van der Waals surface area contributed by atoms with Gasteiger partial charge in [0.2, 0.25) is 5.88 Å². The molecule has 0 atom stereocenters. The molecular formula is C13H15N5O. The van der Waals surface area contributed by atoms with E-state index in [0.29, 0.717) is 18.1 Å². The normalized spacial score (nSPS) is 11.1. The summed E-state index contributed by atoms with van der Waals surface area (Å²) in [5, 5.41) is 4.22. The maximum Gasteiger partial charge on any atom is 0.215 e. The summed E-state index contributed by atoms with van der Waals surface area (Å²) in [7, 11) is 1.91. The number of rotatable bonds is 3. The Balaban J connectivity index is 2.08. The Morgan fingerprint density at radius 3 is 2.84 bits per heavy atom. The monoisotopic (exact) mass is 257 g/mol. The summed E-state index contributed by atoms with van der Waals surface area (Å²) in [5.74, 6) is 1.37. The van der Waals surface area contributed by atoms with Gasteiger partial charge in [-0.1, -0.05) is 0 Å². The molecule has 6 nitrogen and oxygen atoms in total. The van der Waals surface area contributed by atoms with Crippen molar-refractivity contribution in [3.05, 3.63) is 24.0 Å². The van der Waals surface area contributed by atoms with Crippen molar-refractivity contribution in [1.82, 2.24) is 24.7 Å². The first-order valence-electron chi connectivity index (χ1n) is 6.17. The van der Waals surface area contributed by atoms with Crippen LogP contribution < -0.4 is 4.74 Å². The molecule has 98 valence electrons. The van der Waals surface area contributed by atoms with Gasteiger partial charge < -0.3 is 9.72 Å². The van der Waals surface area contributed by atoms with Crippen molar-refractivity contribution in [2.75, 3.05) is 6.61 Å². The molecule has 0 radical (unpaired) electrons. The predicted octanol–water partition coefficient (Wildman–Crippen LogP) is 2.07. The third-order valence-corrected chi connectivity index (χ3v) is 3.10. The van der Waals surface area contributed by atoms with E-state index >= 15 is 0 Å². The molecule has 1 N–H and O–H groups in total. The van der Waals surface area contributed by atoms with Gasteiger partial charge >= 0.3 is 0 Å².